The fourth-order valence-corrected chi connectivity index (χ4v) is 1.97. The lowest BCUT2D eigenvalue weighted by Crippen LogP contribution is -2.47. The highest BCUT2D eigenvalue weighted by atomic mass is 32.2. The number of carbonyl (C=O) groups is 2. The first-order chi connectivity index (χ1) is 8.23. The van der Waals surface area contributed by atoms with Crippen LogP contribution < -0.4 is 5.32 Å². The molecule has 0 aliphatic heterocycles. The third-order valence-electron chi connectivity index (χ3n) is 2.94. The SMILES string of the molecule is C#CC(CC)(CC)NC(=O)CSC(C)(C)C(=O)O. The molecule has 0 atom stereocenters. The Morgan fingerprint density at radius 3 is 2.17 bits per heavy atom. The zero-order valence-corrected chi connectivity index (χ0v) is 12.2. The highest BCUT2D eigenvalue weighted by Crippen LogP contribution is 2.24. The normalized spacial score (nSPS) is 11.7. The number of thioether (sulfide) groups is 1. The number of nitrogens with one attached hydrogen (secondary N) is 1. The van der Waals surface area contributed by atoms with E-state index in [-0.39, 0.29) is 11.7 Å². The van der Waals surface area contributed by atoms with Crippen LogP contribution in [0, 0.1) is 12.3 Å². The Bertz CT molecular complexity index is 354. The van der Waals surface area contributed by atoms with Crippen LogP contribution in [-0.2, 0) is 9.59 Å². The molecule has 5 heteroatoms. The molecule has 0 aromatic rings. The zero-order chi connectivity index (χ0) is 14.4. The molecule has 1 amide bonds. The van der Waals surface area contributed by atoms with E-state index in [2.05, 4.69) is 11.2 Å². The van der Waals surface area contributed by atoms with Crippen LogP contribution in [0.15, 0.2) is 0 Å². The quantitative estimate of drug-likeness (QED) is 0.694. The summed E-state index contributed by atoms with van der Waals surface area (Å²) in [4.78, 5) is 22.7. The lowest BCUT2D eigenvalue weighted by Gasteiger charge is -2.27. The number of rotatable bonds is 7. The molecule has 0 aromatic heterocycles. The zero-order valence-electron chi connectivity index (χ0n) is 11.4. The summed E-state index contributed by atoms with van der Waals surface area (Å²) in [6.45, 7) is 6.97. The van der Waals surface area contributed by atoms with E-state index in [0.717, 1.165) is 11.8 Å². The Hall–Kier alpha value is -1.15. The molecule has 0 aliphatic rings. The van der Waals surface area contributed by atoms with E-state index in [0.29, 0.717) is 12.8 Å². The minimum atomic E-state index is -0.978. The molecule has 0 aliphatic carbocycles. The number of carboxylic acid groups (broad SMARTS) is 1. The number of carboxylic acids is 1. The number of amides is 1. The van der Waals surface area contributed by atoms with Crippen molar-refractivity contribution < 1.29 is 14.7 Å². The molecule has 2 N–H and O–H groups in total. The minimum absolute atomic E-state index is 0.0860. The van der Waals surface area contributed by atoms with E-state index < -0.39 is 16.3 Å². The maximum absolute atomic E-state index is 11.8. The summed E-state index contributed by atoms with van der Waals surface area (Å²) < 4.78 is -0.978. The molecule has 0 fully saturated rings. The van der Waals surface area contributed by atoms with Crippen molar-refractivity contribution in [3.63, 3.8) is 0 Å². The summed E-state index contributed by atoms with van der Waals surface area (Å²) >= 11 is 1.09. The van der Waals surface area contributed by atoms with Crippen LogP contribution >= 0.6 is 11.8 Å². The standard InChI is InChI=1S/C13H21NO3S/c1-6-13(7-2,8-3)14-10(15)9-18-12(4,5)11(16)17/h1H,7-9H2,2-5H3,(H,14,15)(H,16,17). The Labute approximate surface area is 113 Å². The molecular formula is C13H21NO3S. The number of carbonyl (C=O) groups excluding carboxylic acids is 1. The van der Waals surface area contributed by atoms with Gasteiger partial charge in [0.25, 0.3) is 0 Å². The van der Waals surface area contributed by atoms with E-state index in [9.17, 15) is 9.59 Å². The second kappa shape index (κ2) is 6.69. The van der Waals surface area contributed by atoms with Crippen molar-refractivity contribution in [2.75, 3.05) is 5.75 Å². The van der Waals surface area contributed by atoms with Gasteiger partial charge in [-0.2, -0.15) is 0 Å². The van der Waals surface area contributed by atoms with Crippen LogP contribution in [0.3, 0.4) is 0 Å². The van der Waals surface area contributed by atoms with Gasteiger partial charge in [0.1, 0.15) is 10.3 Å². The van der Waals surface area contributed by atoms with Gasteiger partial charge in [0.2, 0.25) is 5.91 Å². The van der Waals surface area contributed by atoms with Crippen LogP contribution in [-0.4, -0.2) is 33.0 Å². The molecule has 0 radical (unpaired) electrons. The molecule has 0 aromatic carbocycles. The molecule has 4 nitrogen and oxygen atoms in total. The molecule has 102 valence electrons. The molecule has 0 saturated carbocycles. The van der Waals surface area contributed by atoms with Crippen molar-refractivity contribution >= 4 is 23.6 Å². The largest absolute Gasteiger partial charge is 0.480 e. The highest BCUT2D eigenvalue weighted by Gasteiger charge is 2.30. The molecule has 0 unspecified atom stereocenters. The van der Waals surface area contributed by atoms with Crippen molar-refractivity contribution in [3.05, 3.63) is 0 Å². The van der Waals surface area contributed by atoms with Gasteiger partial charge >= 0.3 is 5.97 Å². The molecule has 18 heavy (non-hydrogen) atoms. The fourth-order valence-electron chi connectivity index (χ4n) is 1.28. The summed E-state index contributed by atoms with van der Waals surface area (Å²) in [5, 5.41) is 11.7. The summed E-state index contributed by atoms with van der Waals surface area (Å²) in [6.07, 6.45) is 6.74. The van der Waals surface area contributed by atoms with Crippen molar-refractivity contribution in [1.29, 1.82) is 0 Å². The summed E-state index contributed by atoms with van der Waals surface area (Å²) in [6, 6.07) is 0. The van der Waals surface area contributed by atoms with E-state index >= 15 is 0 Å². The summed E-state index contributed by atoms with van der Waals surface area (Å²) in [5.74, 6) is 1.53. The second-order valence-electron chi connectivity index (χ2n) is 4.59. The average Bonchev–Trinajstić information content (AvgIpc) is 2.33. The van der Waals surface area contributed by atoms with Gasteiger partial charge in [0.05, 0.1) is 5.75 Å². The molecular weight excluding hydrogens is 250 g/mol. The van der Waals surface area contributed by atoms with E-state index in [1.165, 1.54) is 0 Å². The van der Waals surface area contributed by atoms with Crippen molar-refractivity contribution in [1.82, 2.24) is 5.32 Å². The maximum Gasteiger partial charge on any atom is 0.319 e. The van der Waals surface area contributed by atoms with E-state index in [1.54, 1.807) is 13.8 Å². The topological polar surface area (TPSA) is 66.4 Å². The molecule has 0 saturated heterocycles. The van der Waals surface area contributed by atoms with Crippen LogP contribution in [0.25, 0.3) is 0 Å². The van der Waals surface area contributed by atoms with E-state index in [1.807, 2.05) is 13.8 Å². The Morgan fingerprint density at radius 2 is 1.83 bits per heavy atom. The van der Waals surface area contributed by atoms with Crippen LogP contribution in [0.4, 0.5) is 0 Å². The van der Waals surface area contributed by atoms with Crippen molar-refractivity contribution in [3.8, 4) is 12.3 Å². The average molecular weight is 271 g/mol. The van der Waals surface area contributed by atoms with Gasteiger partial charge in [0, 0.05) is 0 Å². The predicted octanol–water partition coefficient (Wildman–Crippen LogP) is 1.89. The van der Waals surface area contributed by atoms with Gasteiger partial charge in [0.15, 0.2) is 0 Å². The van der Waals surface area contributed by atoms with Gasteiger partial charge in [-0.3, -0.25) is 9.59 Å². The summed E-state index contributed by atoms with van der Waals surface area (Å²) in [5.41, 5.74) is -0.620. The fraction of sp³-hybridized carbons (Fsp3) is 0.692. The Morgan fingerprint density at radius 1 is 1.33 bits per heavy atom. The Kier molecular flexibility index (Phi) is 6.27. The van der Waals surface area contributed by atoms with Gasteiger partial charge in [-0.1, -0.05) is 19.8 Å². The first kappa shape index (κ1) is 16.9. The number of terminal acetylenes is 1. The number of hydrogen-bond acceptors (Lipinski definition) is 3. The smallest absolute Gasteiger partial charge is 0.319 e. The predicted molar refractivity (Wildman–Crippen MR) is 74.5 cm³/mol. The third kappa shape index (κ3) is 4.61. The molecule has 0 rings (SSSR count). The highest BCUT2D eigenvalue weighted by molar-refractivity contribution is 8.01. The lowest BCUT2D eigenvalue weighted by atomic mass is 9.94. The third-order valence-corrected chi connectivity index (χ3v) is 4.24. The monoisotopic (exact) mass is 271 g/mol. The first-order valence-electron chi connectivity index (χ1n) is 5.89. The Balaban J connectivity index is 4.46. The van der Waals surface area contributed by atoms with Gasteiger partial charge < -0.3 is 10.4 Å². The van der Waals surface area contributed by atoms with Gasteiger partial charge in [-0.05, 0) is 26.7 Å². The second-order valence-corrected chi connectivity index (χ2v) is 6.18. The van der Waals surface area contributed by atoms with E-state index in [4.69, 9.17) is 11.5 Å². The first-order valence-corrected chi connectivity index (χ1v) is 6.87. The van der Waals surface area contributed by atoms with Crippen molar-refractivity contribution in [2.45, 2.75) is 50.8 Å². The van der Waals surface area contributed by atoms with Gasteiger partial charge in [-0.15, -0.1) is 18.2 Å². The molecule has 0 bridgehead atoms. The van der Waals surface area contributed by atoms with Crippen LogP contribution in [0.1, 0.15) is 40.5 Å². The van der Waals surface area contributed by atoms with Crippen molar-refractivity contribution in [2.24, 2.45) is 0 Å². The lowest BCUT2D eigenvalue weighted by molar-refractivity contribution is -0.138. The van der Waals surface area contributed by atoms with Crippen LogP contribution in [0.2, 0.25) is 0 Å². The minimum Gasteiger partial charge on any atom is -0.480 e. The van der Waals surface area contributed by atoms with Crippen LogP contribution in [0.5, 0.6) is 0 Å². The summed E-state index contributed by atoms with van der Waals surface area (Å²) in [7, 11) is 0. The maximum atomic E-state index is 11.8. The molecule has 0 spiro atoms. The van der Waals surface area contributed by atoms with Gasteiger partial charge in [-0.25, -0.2) is 0 Å². The number of hydrogen-bond donors (Lipinski definition) is 2. The number of aliphatic carboxylic acids is 1. The molecule has 0 heterocycles.